The van der Waals surface area contributed by atoms with Crippen LogP contribution in [0.4, 0.5) is 0 Å². The zero-order valence-electron chi connectivity index (χ0n) is 20.4. The van der Waals surface area contributed by atoms with Crippen LogP contribution in [0.15, 0.2) is 24.3 Å². The summed E-state index contributed by atoms with van der Waals surface area (Å²) in [5, 5.41) is 35.1. The SMILES string of the molecule is CSCCC(NC(=O)C(NC(=O)C(CC(=O)O)NC(=O)C(N)Cc1ccc(O)cc1)C(C)C)C(=O)O. The minimum Gasteiger partial charge on any atom is -0.508 e. The van der Waals surface area contributed by atoms with E-state index in [0.29, 0.717) is 11.3 Å². The van der Waals surface area contributed by atoms with E-state index in [0.717, 1.165) is 0 Å². The Morgan fingerprint density at radius 2 is 1.50 bits per heavy atom. The van der Waals surface area contributed by atoms with Crippen molar-refractivity contribution in [2.24, 2.45) is 11.7 Å². The summed E-state index contributed by atoms with van der Waals surface area (Å²) in [6.45, 7) is 3.25. The molecule has 0 bridgehead atoms. The first-order chi connectivity index (χ1) is 16.8. The Labute approximate surface area is 213 Å². The lowest BCUT2D eigenvalue weighted by Gasteiger charge is -2.26. The molecule has 8 N–H and O–H groups in total. The Kier molecular flexibility index (Phi) is 12.7. The Hall–Kier alpha value is -3.32. The van der Waals surface area contributed by atoms with Gasteiger partial charge in [0.2, 0.25) is 17.7 Å². The number of carboxylic acids is 2. The maximum Gasteiger partial charge on any atom is 0.326 e. The molecular formula is C23H34N4O8S. The number of carbonyl (C=O) groups excluding carboxylic acids is 3. The van der Waals surface area contributed by atoms with Crippen molar-refractivity contribution in [3.63, 3.8) is 0 Å². The molecule has 12 nitrogen and oxygen atoms in total. The summed E-state index contributed by atoms with van der Waals surface area (Å²) in [5.74, 6) is -4.96. The number of hydrogen-bond donors (Lipinski definition) is 7. The number of hydrogen-bond acceptors (Lipinski definition) is 8. The molecule has 200 valence electrons. The number of thioether (sulfide) groups is 1. The van der Waals surface area contributed by atoms with Gasteiger partial charge in [-0.3, -0.25) is 19.2 Å². The molecule has 0 spiro atoms. The van der Waals surface area contributed by atoms with Gasteiger partial charge < -0.3 is 37.0 Å². The van der Waals surface area contributed by atoms with E-state index in [1.807, 2.05) is 0 Å². The van der Waals surface area contributed by atoms with Crippen LogP contribution in [-0.4, -0.2) is 81.2 Å². The zero-order valence-corrected chi connectivity index (χ0v) is 21.2. The molecule has 4 unspecified atom stereocenters. The van der Waals surface area contributed by atoms with E-state index in [9.17, 15) is 39.3 Å². The number of phenols is 1. The van der Waals surface area contributed by atoms with Gasteiger partial charge >= 0.3 is 11.9 Å². The number of carbonyl (C=O) groups is 5. The summed E-state index contributed by atoms with van der Waals surface area (Å²) in [6.07, 6.45) is 1.28. The first-order valence-corrected chi connectivity index (χ1v) is 12.6. The lowest BCUT2D eigenvalue weighted by Crippen LogP contribution is -2.59. The molecule has 36 heavy (non-hydrogen) atoms. The van der Waals surface area contributed by atoms with E-state index in [-0.39, 0.29) is 18.6 Å². The van der Waals surface area contributed by atoms with Gasteiger partial charge in [-0.25, -0.2) is 4.79 Å². The number of phenolic OH excluding ortho intramolecular Hbond substituents is 1. The van der Waals surface area contributed by atoms with Crippen LogP contribution >= 0.6 is 11.8 Å². The first kappa shape index (κ1) is 30.7. The molecule has 0 aliphatic heterocycles. The average molecular weight is 527 g/mol. The Morgan fingerprint density at radius 1 is 0.917 bits per heavy atom. The van der Waals surface area contributed by atoms with E-state index in [4.69, 9.17) is 5.73 Å². The van der Waals surface area contributed by atoms with Gasteiger partial charge in [0.1, 0.15) is 23.9 Å². The van der Waals surface area contributed by atoms with E-state index in [1.54, 1.807) is 32.2 Å². The van der Waals surface area contributed by atoms with Crippen LogP contribution in [-0.2, 0) is 30.4 Å². The largest absolute Gasteiger partial charge is 0.508 e. The molecule has 0 fully saturated rings. The molecule has 0 saturated carbocycles. The highest BCUT2D eigenvalue weighted by Crippen LogP contribution is 2.11. The number of carboxylic acid groups (broad SMARTS) is 2. The van der Waals surface area contributed by atoms with Crippen LogP contribution in [0.25, 0.3) is 0 Å². The third kappa shape index (κ3) is 10.5. The van der Waals surface area contributed by atoms with Crippen LogP contribution in [0, 0.1) is 5.92 Å². The van der Waals surface area contributed by atoms with Gasteiger partial charge in [0.25, 0.3) is 0 Å². The van der Waals surface area contributed by atoms with E-state index < -0.39 is 66.2 Å². The number of amides is 3. The maximum absolute atomic E-state index is 12.9. The number of nitrogens with two attached hydrogens (primary N) is 1. The number of benzene rings is 1. The molecule has 0 aliphatic rings. The van der Waals surface area contributed by atoms with Crippen molar-refractivity contribution in [1.82, 2.24) is 16.0 Å². The maximum atomic E-state index is 12.9. The van der Waals surface area contributed by atoms with Crippen LogP contribution in [0.5, 0.6) is 5.75 Å². The van der Waals surface area contributed by atoms with Gasteiger partial charge in [0.05, 0.1) is 12.5 Å². The quantitative estimate of drug-likeness (QED) is 0.158. The topological polar surface area (TPSA) is 208 Å². The zero-order chi connectivity index (χ0) is 27.4. The smallest absolute Gasteiger partial charge is 0.326 e. The second kappa shape index (κ2) is 14.9. The molecule has 13 heteroatoms. The lowest BCUT2D eigenvalue weighted by atomic mass is 10.0. The van der Waals surface area contributed by atoms with Crippen molar-refractivity contribution >= 4 is 41.4 Å². The van der Waals surface area contributed by atoms with E-state index in [2.05, 4.69) is 16.0 Å². The molecule has 1 aromatic carbocycles. The first-order valence-electron chi connectivity index (χ1n) is 11.2. The monoisotopic (exact) mass is 526 g/mol. The van der Waals surface area contributed by atoms with Crippen molar-refractivity contribution in [2.75, 3.05) is 12.0 Å². The van der Waals surface area contributed by atoms with E-state index in [1.165, 1.54) is 23.9 Å². The van der Waals surface area contributed by atoms with Gasteiger partial charge in [-0.2, -0.15) is 11.8 Å². The summed E-state index contributed by atoms with van der Waals surface area (Å²) < 4.78 is 0. The third-order valence-corrected chi connectivity index (χ3v) is 5.86. The van der Waals surface area contributed by atoms with Crippen LogP contribution < -0.4 is 21.7 Å². The molecule has 0 aromatic heterocycles. The second-order valence-corrected chi connectivity index (χ2v) is 9.53. The number of rotatable bonds is 15. The predicted molar refractivity (Wildman–Crippen MR) is 133 cm³/mol. The number of aromatic hydroxyl groups is 1. The van der Waals surface area contributed by atoms with Gasteiger partial charge in [-0.05, 0) is 48.5 Å². The molecule has 0 aliphatic carbocycles. The van der Waals surface area contributed by atoms with Gasteiger partial charge in [0, 0.05) is 0 Å². The Bertz CT molecular complexity index is 925. The van der Waals surface area contributed by atoms with Crippen LogP contribution in [0.3, 0.4) is 0 Å². The summed E-state index contributed by atoms with van der Waals surface area (Å²) >= 11 is 1.42. The molecule has 1 aromatic rings. The Balaban J connectivity index is 2.92. The van der Waals surface area contributed by atoms with Crippen LogP contribution in [0.1, 0.15) is 32.3 Å². The second-order valence-electron chi connectivity index (χ2n) is 8.55. The third-order valence-electron chi connectivity index (χ3n) is 5.21. The summed E-state index contributed by atoms with van der Waals surface area (Å²) in [4.78, 5) is 61.0. The summed E-state index contributed by atoms with van der Waals surface area (Å²) in [7, 11) is 0. The van der Waals surface area contributed by atoms with Crippen molar-refractivity contribution in [1.29, 1.82) is 0 Å². The molecule has 0 heterocycles. The fraction of sp³-hybridized carbons (Fsp3) is 0.522. The van der Waals surface area contributed by atoms with Crippen LogP contribution in [0.2, 0.25) is 0 Å². The highest BCUT2D eigenvalue weighted by atomic mass is 32.2. The standard InChI is InChI=1S/C23H34N4O8S/c1-12(2)19(22(33)25-16(23(34)35)8-9-36-3)27-21(32)17(11-18(29)30)26-20(31)15(24)10-13-4-6-14(28)7-5-13/h4-7,12,15-17,19,28H,8-11,24H2,1-3H3,(H,25,33)(H,26,31)(H,27,32)(H,29,30)(H,34,35). The molecule has 3 amide bonds. The van der Waals surface area contributed by atoms with Crippen molar-refractivity contribution in [2.45, 2.75) is 57.3 Å². The normalized spacial score (nSPS) is 14.2. The molecular weight excluding hydrogens is 492 g/mol. The molecule has 1 rings (SSSR count). The van der Waals surface area contributed by atoms with Gasteiger partial charge in [-0.1, -0.05) is 26.0 Å². The summed E-state index contributed by atoms with van der Waals surface area (Å²) in [5.41, 5.74) is 6.55. The average Bonchev–Trinajstić information content (AvgIpc) is 2.79. The van der Waals surface area contributed by atoms with Crippen molar-refractivity contribution in [3.05, 3.63) is 29.8 Å². The fourth-order valence-electron chi connectivity index (χ4n) is 3.18. The fourth-order valence-corrected chi connectivity index (χ4v) is 3.66. The lowest BCUT2D eigenvalue weighted by molar-refractivity contribution is -0.143. The molecule has 0 radical (unpaired) electrons. The van der Waals surface area contributed by atoms with Gasteiger partial charge in [-0.15, -0.1) is 0 Å². The van der Waals surface area contributed by atoms with Gasteiger partial charge in [0.15, 0.2) is 0 Å². The highest BCUT2D eigenvalue weighted by molar-refractivity contribution is 7.98. The minimum atomic E-state index is -1.53. The molecule has 0 saturated heterocycles. The predicted octanol–water partition coefficient (Wildman–Crippen LogP) is -0.315. The molecule has 4 atom stereocenters. The number of nitrogens with one attached hydrogen (secondary N) is 3. The number of aliphatic carboxylic acids is 2. The minimum absolute atomic E-state index is 0.0395. The van der Waals surface area contributed by atoms with Crippen molar-refractivity contribution < 1.29 is 39.3 Å². The van der Waals surface area contributed by atoms with E-state index >= 15 is 0 Å². The highest BCUT2D eigenvalue weighted by Gasteiger charge is 2.32. The summed E-state index contributed by atoms with van der Waals surface area (Å²) in [6, 6.07) is 1.01. The Morgan fingerprint density at radius 3 is 2.00 bits per heavy atom. The van der Waals surface area contributed by atoms with Crippen molar-refractivity contribution in [3.8, 4) is 5.75 Å².